The van der Waals surface area contributed by atoms with E-state index in [2.05, 4.69) is 26.6 Å². The van der Waals surface area contributed by atoms with E-state index in [4.69, 9.17) is 39.9 Å². The quantitative estimate of drug-likeness (QED) is 0.0221. The van der Waals surface area contributed by atoms with E-state index in [1.807, 2.05) is 30.4 Å². The number of benzene rings is 1. The Labute approximate surface area is 483 Å². The number of hydrogen-bond acceptors (Lipinski definition) is 17. The second kappa shape index (κ2) is 38.9. The summed E-state index contributed by atoms with van der Waals surface area (Å²) in [4.78, 5) is 88.0. The van der Waals surface area contributed by atoms with Crippen molar-refractivity contribution in [1.82, 2.24) is 26.6 Å². The number of fused-ring (bicyclic) bond motifs is 2. The Morgan fingerprint density at radius 3 is 1.20 bits per heavy atom. The average molecular weight is 1160 g/mol. The van der Waals surface area contributed by atoms with Gasteiger partial charge in [0.25, 0.3) is 5.91 Å². The second-order valence-corrected chi connectivity index (χ2v) is 24.4. The molecule has 452 valence electrons. The van der Waals surface area contributed by atoms with E-state index in [1.165, 1.54) is 0 Å². The Balaban J connectivity index is 0.833. The highest BCUT2D eigenvalue weighted by Crippen LogP contribution is 2.34. The van der Waals surface area contributed by atoms with Gasteiger partial charge >= 0.3 is 12.1 Å². The van der Waals surface area contributed by atoms with Gasteiger partial charge in [-0.05, 0) is 95.2 Å². The first-order valence-corrected chi connectivity index (χ1v) is 31.7. The number of ether oxygens (including phenoxy) is 6. The zero-order chi connectivity index (χ0) is 57.2. The Hall–Kier alpha value is -3.71. The van der Waals surface area contributed by atoms with Crippen LogP contribution in [0.25, 0.3) is 0 Å². The number of Topliss-reactive ketones (excluding diaryl/α,β-unsaturated/α-hetero) is 4. The van der Waals surface area contributed by atoms with Crippen molar-refractivity contribution in [2.45, 2.75) is 170 Å². The number of urea groups is 2. The van der Waals surface area contributed by atoms with E-state index in [0.29, 0.717) is 164 Å². The summed E-state index contributed by atoms with van der Waals surface area (Å²) >= 11 is 3.81. The number of nitrogens with two attached hydrogens (primary N) is 2. The number of amides is 5. The largest absolute Gasteiger partial charge is 0.379 e. The molecule has 4 saturated heterocycles. The molecule has 0 radical (unpaired) electrons. The van der Waals surface area contributed by atoms with Crippen LogP contribution >= 0.6 is 23.5 Å². The minimum atomic E-state index is -0.502. The monoisotopic (exact) mass is 1160 g/mol. The lowest BCUT2D eigenvalue weighted by Crippen LogP contribution is -2.45. The molecule has 4 aliphatic rings. The smallest absolute Gasteiger partial charge is 0.315 e. The first kappa shape index (κ1) is 67.1. The molecule has 4 heterocycles. The molecule has 5 amide bonds. The fourth-order valence-corrected chi connectivity index (χ4v) is 13.1. The molecule has 0 saturated carbocycles. The van der Waals surface area contributed by atoms with Crippen molar-refractivity contribution in [1.29, 1.82) is 0 Å². The summed E-state index contributed by atoms with van der Waals surface area (Å²) in [7, 11) is 0. The normalized spacial score (nSPS) is 20.2. The summed E-state index contributed by atoms with van der Waals surface area (Å²) in [5, 5.41) is 15.7. The Morgan fingerprint density at radius 2 is 0.825 bits per heavy atom. The summed E-state index contributed by atoms with van der Waals surface area (Å²) in [5.41, 5.74) is 12.2. The van der Waals surface area contributed by atoms with Crippen LogP contribution in [0.1, 0.15) is 166 Å². The fourth-order valence-electron chi connectivity index (χ4n) is 9.98. The first-order chi connectivity index (χ1) is 38.9. The highest BCUT2D eigenvalue weighted by atomic mass is 32.2. The predicted octanol–water partition coefficient (Wildman–Crippen LogP) is 6.08. The number of nitrogens with one attached hydrogen (secondary N) is 5. The summed E-state index contributed by atoms with van der Waals surface area (Å²) in [6.45, 7) is 8.27. The summed E-state index contributed by atoms with van der Waals surface area (Å²) in [6.07, 6.45) is 14.4. The topological polar surface area (TPSA) is 287 Å². The maximum absolute atomic E-state index is 13.4. The van der Waals surface area contributed by atoms with E-state index < -0.39 is 11.3 Å². The molecule has 6 unspecified atom stereocenters. The summed E-state index contributed by atoms with van der Waals surface area (Å²) in [5.74, 6) is 1.76. The molecule has 0 spiro atoms. The number of unbranched alkanes of at least 4 members (excludes halogenated alkanes) is 6. The molecule has 0 bridgehead atoms. The molecule has 1 aromatic rings. The molecule has 22 heteroatoms. The van der Waals surface area contributed by atoms with Gasteiger partial charge in [0.05, 0.1) is 77.0 Å². The molecule has 20 nitrogen and oxygen atoms in total. The van der Waals surface area contributed by atoms with E-state index in [-0.39, 0.29) is 85.8 Å². The number of hydrogen-bond donors (Lipinski definition) is 7. The van der Waals surface area contributed by atoms with Gasteiger partial charge in [-0.1, -0.05) is 19.8 Å². The summed E-state index contributed by atoms with van der Waals surface area (Å²) < 4.78 is 34.0. The van der Waals surface area contributed by atoms with Gasteiger partial charge in [0.2, 0.25) is 0 Å². The van der Waals surface area contributed by atoms with Crippen LogP contribution in [0.3, 0.4) is 0 Å². The van der Waals surface area contributed by atoms with E-state index in [0.717, 1.165) is 75.7 Å². The van der Waals surface area contributed by atoms with Crippen LogP contribution in [-0.4, -0.2) is 186 Å². The molecule has 6 atom stereocenters. The summed E-state index contributed by atoms with van der Waals surface area (Å²) in [6, 6.07) is 5.45. The number of carbonyl (C=O) groups is 7. The molecule has 4 aliphatic heterocycles. The SMILES string of the molecule is CC(CN)(CN)CNC(=O)c1cc(C(=O)CCCCOCCOCCOCCCCC(=O)CCCCC2SCC3NC(=O)NC32)cc(C(=O)CCCCOCCOCCOCCCCC(=O)CCCCC2SCC3NC(=O)NC32)c1. The average Bonchev–Trinajstić information content (AvgIpc) is 4.23. The van der Waals surface area contributed by atoms with Crippen molar-refractivity contribution in [2.24, 2.45) is 16.9 Å². The lowest BCUT2D eigenvalue weighted by atomic mass is 9.90. The molecule has 5 rings (SSSR count). The molecule has 9 N–H and O–H groups in total. The molecule has 80 heavy (non-hydrogen) atoms. The zero-order valence-electron chi connectivity index (χ0n) is 47.6. The van der Waals surface area contributed by atoms with Crippen LogP contribution in [0.4, 0.5) is 9.59 Å². The van der Waals surface area contributed by atoms with Crippen molar-refractivity contribution in [2.75, 3.05) is 110 Å². The van der Waals surface area contributed by atoms with Gasteiger partial charge in [0.1, 0.15) is 11.6 Å². The lowest BCUT2D eigenvalue weighted by Gasteiger charge is -2.26. The van der Waals surface area contributed by atoms with Gasteiger partial charge < -0.3 is 66.5 Å². The van der Waals surface area contributed by atoms with Crippen LogP contribution < -0.4 is 38.1 Å². The van der Waals surface area contributed by atoms with Crippen LogP contribution in [-0.2, 0) is 38.0 Å². The van der Waals surface area contributed by atoms with Gasteiger partial charge in [-0.25, -0.2) is 9.59 Å². The highest BCUT2D eigenvalue weighted by Gasteiger charge is 2.43. The highest BCUT2D eigenvalue weighted by molar-refractivity contribution is 8.00. The third-order valence-corrected chi connectivity index (χ3v) is 18.1. The van der Waals surface area contributed by atoms with Crippen LogP contribution in [0, 0.1) is 5.41 Å². The van der Waals surface area contributed by atoms with Crippen LogP contribution in [0.2, 0.25) is 0 Å². The first-order valence-electron chi connectivity index (χ1n) is 29.6. The lowest BCUT2D eigenvalue weighted by molar-refractivity contribution is -0.120. The Kier molecular flexibility index (Phi) is 32.7. The van der Waals surface area contributed by atoms with Gasteiger partial charge in [0.15, 0.2) is 11.6 Å². The minimum absolute atomic E-state index is 0.0644. The predicted molar refractivity (Wildman–Crippen MR) is 312 cm³/mol. The van der Waals surface area contributed by atoms with Crippen molar-refractivity contribution >= 4 is 64.6 Å². The Bertz CT molecular complexity index is 1930. The molecular formula is C58H95N7O13S2. The standard InChI is InChI=1S/C58H95N7O13S2/c1-58(39-59,40-60)41-61-55(70)44-35-42(49(68)18-8-12-24-75-28-32-77-30-26-73-22-10-6-16-45(66)14-2-4-20-51-53-47(37-79-51)62-56(71)64-53)34-43(36-44)50(69)19-9-13-25-76-29-33-78-31-27-74-23-11-7-17-46(67)15-3-5-21-52-54-48(38-80-52)63-57(72)65-54/h34-36,47-48,51-54H,2-33,37-41,59-60H2,1H3,(H,61,70)(H2,62,64,71)(H2,63,65,72). The molecule has 4 fully saturated rings. The van der Waals surface area contributed by atoms with Crippen molar-refractivity contribution in [3.63, 3.8) is 0 Å². The third-order valence-electron chi connectivity index (χ3n) is 15.1. The minimum Gasteiger partial charge on any atom is -0.379 e. The second-order valence-electron chi connectivity index (χ2n) is 21.9. The van der Waals surface area contributed by atoms with Crippen LogP contribution in [0.5, 0.6) is 0 Å². The number of ketones is 4. The molecule has 1 aromatic carbocycles. The van der Waals surface area contributed by atoms with Gasteiger partial charge in [-0.2, -0.15) is 23.5 Å². The number of thioether (sulfide) groups is 2. The maximum atomic E-state index is 13.4. The Morgan fingerprint density at radius 1 is 0.487 bits per heavy atom. The van der Waals surface area contributed by atoms with Crippen molar-refractivity contribution in [3.8, 4) is 0 Å². The fraction of sp³-hybridized carbons (Fsp3) is 0.776. The molecule has 0 aliphatic carbocycles. The van der Waals surface area contributed by atoms with Crippen molar-refractivity contribution in [3.05, 3.63) is 34.9 Å². The van der Waals surface area contributed by atoms with E-state index >= 15 is 0 Å². The molecule has 0 aromatic heterocycles. The third kappa shape index (κ3) is 25.8. The zero-order valence-corrected chi connectivity index (χ0v) is 49.3. The van der Waals surface area contributed by atoms with Crippen LogP contribution in [0.15, 0.2) is 18.2 Å². The number of rotatable bonds is 49. The van der Waals surface area contributed by atoms with Gasteiger partial charge in [-0.3, -0.25) is 24.0 Å². The van der Waals surface area contributed by atoms with E-state index in [9.17, 15) is 33.6 Å². The van der Waals surface area contributed by atoms with Gasteiger partial charge in [-0.15, -0.1) is 0 Å². The van der Waals surface area contributed by atoms with E-state index in [1.54, 1.807) is 18.2 Å². The molecular weight excluding hydrogens is 1070 g/mol. The maximum Gasteiger partial charge on any atom is 0.315 e. The van der Waals surface area contributed by atoms with Crippen molar-refractivity contribution < 1.29 is 62.0 Å². The van der Waals surface area contributed by atoms with Gasteiger partial charge in [0, 0.05) is 129 Å². The number of carbonyl (C=O) groups excluding carboxylic acids is 7.